The second-order valence-corrected chi connectivity index (χ2v) is 3.18. The minimum absolute atomic E-state index is 0.801. The zero-order chi connectivity index (χ0) is 8.84. The Morgan fingerprint density at radius 3 is 2.85 bits per heavy atom. The highest BCUT2D eigenvalue weighted by atomic mass is 15.2. The number of aliphatic imine (C=N–C) groups is 1. The summed E-state index contributed by atoms with van der Waals surface area (Å²) in [5, 5.41) is 2.25. The van der Waals surface area contributed by atoms with Gasteiger partial charge < -0.3 is 10.3 Å². The van der Waals surface area contributed by atoms with Crippen molar-refractivity contribution in [1.29, 1.82) is 0 Å². The molecular weight excluding hydrogens is 162 g/mol. The Morgan fingerprint density at radius 1 is 1.23 bits per heavy atom. The lowest BCUT2D eigenvalue weighted by molar-refractivity contribution is 0.927. The van der Waals surface area contributed by atoms with Crippen LogP contribution in [0, 0.1) is 0 Å². The predicted molar refractivity (Wildman–Crippen MR) is 54.5 cm³/mol. The lowest BCUT2D eigenvalue weighted by atomic mass is 10.2. The van der Waals surface area contributed by atoms with Crippen LogP contribution >= 0.6 is 0 Å². The van der Waals surface area contributed by atoms with E-state index in [0.29, 0.717) is 0 Å². The lowest BCUT2D eigenvalue weighted by Gasteiger charge is -1.96. The summed E-state index contributed by atoms with van der Waals surface area (Å²) in [5.74, 6) is 1.82. The van der Waals surface area contributed by atoms with Crippen LogP contribution in [0.2, 0.25) is 0 Å². The van der Waals surface area contributed by atoms with Gasteiger partial charge >= 0.3 is 0 Å². The minimum atomic E-state index is 0.801. The van der Waals surface area contributed by atoms with Crippen LogP contribution in [0.15, 0.2) is 29.3 Å². The first kappa shape index (κ1) is 6.71. The topological polar surface area (TPSA) is 43.3 Å². The van der Waals surface area contributed by atoms with Gasteiger partial charge in [-0.3, -0.25) is 0 Å². The van der Waals surface area contributed by atoms with Gasteiger partial charge in [0.2, 0.25) is 0 Å². The molecule has 3 rings (SSSR count). The van der Waals surface area contributed by atoms with Gasteiger partial charge in [-0.05, 0) is 0 Å². The zero-order valence-electron chi connectivity index (χ0n) is 7.07. The van der Waals surface area contributed by atoms with E-state index >= 15 is 0 Å². The third kappa shape index (κ3) is 0.710. The molecule has 0 radical (unpaired) electrons. The van der Waals surface area contributed by atoms with E-state index in [4.69, 9.17) is 5.73 Å². The number of benzene rings is 1. The second-order valence-electron chi connectivity index (χ2n) is 3.18. The largest absolute Gasteiger partial charge is 0.385 e. The number of fused-ring (bicyclic) bond motifs is 3. The minimum Gasteiger partial charge on any atom is -0.385 e. The van der Waals surface area contributed by atoms with E-state index in [9.17, 15) is 0 Å². The molecule has 0 fully saturated rings. The molecule has 0 spiro atoms. The third-order valence-corrected chi connectivity index (χ3v) is 2.47. The molecule has 1 aliphatic rings. The molecule has 0 atom stereocenters. The summed E-state index contributed by atoms with van der Waals surface area (Å²) in [4.78, 5) is 4.31. The summed E-state index contributed by atoms with van der Waals surface area (Å²) in [7, 11) is 0. The molecular formula is C10H9N3. The Hall–Kier alpha value is -1.77. The van der Waals surface area contributed by atoms with E-state index in [1.165, 1.54) is 0 Å². The van der Waals surface area contributed by atoms with E-state index in [0.717, 1.165) is 29.0 Å². The Labute approximate surface area is 75.5 Å². The van der Waals surface area contributed by atoms with Gasteiger partial charge in [-0.15, -0.1) is 0 Å². The van der Waals surface area contributed by atoms with Gasteiger partial charge in [-0.1, -0.05) is 24.3 Å². The predicted octanol–water partition coefficient (Wildman–Crippen LogP) is 1.94. The Kier molecular flexibility index (Phi) is 1.10. The molecule has 1 aromatic heterocycles. The highest BCUT2D eigenvalue weighted by Gasteiger charge is 2.15. The van der Waals surface area contributed by atoms with Gasteiger partial charge in [-0.25, -0.2) is 4.99 Å². The van der Waals surface area contributed by atoms with Crippen LogP contribution in [0.1, 0.15) is 0 Å². The third-order valence-electron chi connectivity index (χ3n) is 2.47. The smallest absolute Gasteiger partial charge is 0.142 e. The van der Waals surface area contributed by atoms with Crippen molar-refractivity contribution in [2.75, 3.05) is 5.73 Å². The van der Waals surface area contributed by atoms with Gasteiger partial charge in [0.15, 0.2) is 0 Å². The van der Waals surface area contributed by atoms with Crippen LogP contribution in [0.25, 0.3) is 10.8 Å². The summed E-state index contributed by atoms with van der Waals surface area (Å²) in [6.07, 6.45) is 1.89. The van der Waals surface area contributed by atoms with Crippen molar-refractivity contribution < 1.29 is 0 Å². The van der Waals surface area contributed by atoms with E-state index in [1.807, 2.05) is 29.0 Å². The summed E-state index contributed by atoms with van der Waals surface area (Å²) >= 11 is 0. The molecule has 3 heteroatoms. The fraction of sp³-hybridized carbons (Fsp3) is 0.100. The number of aromatic nitrogens is 1. The molecule has 3 nitrogen and oxygen atoms in total. The van der Waals surface area contributed by atoms with E-state index < -0.39 is 0 Å². The number of nitrogen functional groups attached to an aromatic ring is 1. The first-order valence-electron chi connectivity index (χ1n) is 4.27. The normalized spacial score (nSPS) is 13.8. The molecule has 64 valence electrons. The molecule has 2 aromatic rings. The maximum atomic E-state index is 5.97. The van der Waals surface area contributed by atoms with Crippen molar-refractivity contribution in [3.05, 3.63) is 24.3 Å². The van der Waals surface area contributed by atoms with Crippen LogP contribution in [0.3, 0.4) is 0 Å². The number of nitrogens with two attached hydrogens (primary N) is 1. The average molecular weight is 171 g/mol. The standard InChI is InChI=1S/C10H9N3/c11-9-7-3-1-2-4-8(7)10-12-5-6-13(9)10/h1-5H,6,11H2. The van der Waals surface area contributed by atoms with Gasteiger partial charge in [0.25, 0.3) is 0 Å². The van der Waals surface area contributed by atoms with Gasteiger partial charge in [0, 0.05) is 17.0 Å². The highest BCUT2D eigenvalue weighted by molar-refractivity contribution is 6.02. The second kappa shape index (κ2) is 2.13. The number of hydrogen-bond donors (Lipinski definition) is 1. The summed E-state index contributed by atoms with van der Waals surface area (Å²) < 4.78 is 2.03. The van der Waals surface area contributed by atoms with Crippen molar-refractivity contribution in [1.82, 2.24) is 4.57 Å². The fourth-order valence-corrected chi connectivity index (χ4v) is 1.84. The first-order chi connectivity index (χ1) is 6.38. The highest BCUT2D eigenvalue weighted by Crippen LogP contribution is 2.35. The summed E-state index contributed by atoms with van der Waals surface area (Å²) in [6, 6.07) is 8.10. The summed E-state index contributed by atoms with van der Waals surface area (Å²) in [6.45, 7) is 0.801. The van der Waals surface area contributed by atoms with Crippen molar-refractivity contribution >= 4 is 28.6 Å². The van der Waals surface area contributed by atoms with Gasteiger partial charge in [0.1, 0.15) is 11.6 Å². The molecule has 13 heavy (non-hydrogen) atoms. The number of rotatable bonds is 0. The Bertz CT molecular complexity index is 508. The SMILES string of the molecule is Nc1c2ccccc2c2n1CC=N2. The zero-order valence-corrected chi connectivity index (χ0v) is 7.07. The van der Waals surface area contributed by atoms with Crippen LogP contribution in [0.5, 0.6) is 0 Å². The molecule has 0 saturated carbocycles. The Morgan fingerprint density at radius 2 is 2.00 bits per heavy atom. The fourth-order valence-electron chi connectivity index (χ4n) is 1.84. The molecule has 1 aliphatic heterocycles. The molecule has 0 saturated heterocycles. The van der Waals surface area contributed by atoms with Crippen molar-refractivity contribution in [2.24, 2.45) is 4.99 Å². The molecule has 2 N–H and O–H groups in total. The van der Waals surface area contributed by atoms with Crippen LogP contribution in [-0.4, -0.2) is 10.8 Å². The molecule has 0 unspecified atom stereocenters. The summed E-state index contributed by atoms with van der Waals surface area (Å²) in [5.41, 5.74) is 5.97. The maximum absolute atomic E-state index is 5.97. The molecule has 2 heterocycles. The molecule has 0 amide bonds. The number of hydrogen-bond acceptors (Lipinski definition) is 2. The quantitative estimate of drug-likeness (QED) is 0.646. The first-order valence-corrected chi connectivity index (χ1v) is 4.27. The monoisotopic (exact) mass is 171 g/mol. The molecule has 0 bridgehead atoms. The van der Waals surface area contributed by atoms with Gasteiger partial charge in [0.05, 0.1) is 6.54 Å². The van der Waals surface area contributed by atoms with E-state index in [-0.39, 0.29) is 0 Å². The van der Waals surface area contributed by atoms with Crippen molar-refractivity contribution in [2.45, 2.75) is 6.54 Å². The van der Waals surface area contributed by atoms with Crippen molar-refractivity contribution in [3.63, 3.8) is 0 Å². The number of anilines is 1. The van der Waals surface area contributed by atoms with Crippen LogP contribution < -0.4 is 5.73 Å². The van der Waals surface area contributed by atoms with E-state index in [1.54, 1.807) is 0 Å². The average Bonchev–Trinajstić information content (AvgIpc) is 2.72. The lowest BCUT2D eigenvalue weighted by Crippen LogP contribution is -1.98. The number of nitrogens with zero attached hydrogens (tertiary/aromatic N) is 2. The van der Waals surface area contributed by atoms with Crippen LogP contribution in [-0.2, 0) is 6.54 Å². The maximum Gasteiger partial charge on any atom is 0.142 e. The molecule has 0 aliphatic carbocycles. The molecule has 1 aromatic carbocycles. The van der Waals surface area contributed by atoms with Gasteiger partial charge in [-0.2, -0.15) is 0 Å². The van der Waals surface area contributed by atoms with Crippen LogP contribution in [0.4, 0.5) is 11.6 Å². The van der Waals surface area contributed by atoms with Crippen molar-refractivity contribution in [3.8, 4) is 0 Å². The Balaban J connectivity index is 2.55. The van der Waals surface area contributed by atoms with E-state index in [2.05, 4.69) is 11.1 Å².